The molecule has 6 N–H and O–H groups in total. The zero-order valence-corrected chi connectivity index (χ0v) is 10.3. The van der Waals surface area contributed by atoms with Gasteiger partial charge in [-0.25, -0.2) is 0 Å². The van der Waals surface area contributed by atoms with E-state index in [1.165, 1.54) is 13.8 Å². The van der Waals surface area contributed by atoms with Crippen molar-refractivity contribution < 1.29 is 30.0 Å². The van der Waals surface area contributed by atoms with Gasteiger partial charge < -0.3 is 31.1 Å². The summed E-state index contributed by atoms with van der Waals surface area (Å²) in [5.41, 5.74) is 0. The first-order chi connectivity index (χ1) is 8.29. The minimum Gasteiger partial charge on any atom is -0.394 e. The van der Waals surface area contributed by atoms with E-state index in [-0.39, 0.29) is 12.5 Å². The van der Waals surface area contributed by atoms with E-state index in [1.54, 1.807) is 0 Å². The lowest BCUT2D eigenvalue weighted by Gasteiger charge is -2.30. The number of hydrogen-bond donors (Lipinski definition) is 6. The van der Waals surface area contributed by atoms with Crippen LogP contribution in [0.2, 0.25) is 0 Å². The standard InChI is InChI=1S/C10H20N2O6/c1-5(14)11-3-7(16)10(18)9(8(17)4-13)12-6(2)15/h7-10,13,16-18H,3-4H2,1-2H3,(H,11,14)(H,12,15)/t7-,8+,9+,10+/m0/s1. The van der Waals surface area contributed by atoms with Crippen molar-refractivity contribution in [3.63, 3.8) is 0 Å². The van der Waals surface area contributed by atoms with Crippen LogP contribution in [0, 0.1) is 0 Å². The Kier molecular flexibility index (Phi) is 7.44. The summed E-state index contributed by atoms with van der Waals surface area (Å²) in [6.07, 6.45) is -4.33. The number of amides is 2. The third-order valence-electron chi connectivity index (χ3n) is 2.29. The molecule has 8 nitrogen and oxygen atoms in total. The van der Waals surface area contributed by atoms with Gasteiger partial charge in [-0.2, -0.15) is 0 Å². The monoisotopic (exact) mass is 264 g/mol. The number of carbonyl (C=O) groups is 2. The van der Waals surface area contributed by atoms with E-state index < -0.39 is 36.9 Å². The first-order valence-electron chi connectivity index (χ1n) is 5.46. The maximum Gasteiger partial charge on any atom is 0.217 e. The molecule has 0 aromatic carbocycles. The third kappa shape index (κ3) is 5.92. The summed E-state index contributed by atoms with van der Waals surface area (Å²) < 4.78 is 0. The molecule has 0 fully saturated rings. The van der Waals surface area contributed by atoms with Gasteiger partial charge in [-0.1, -0.05) is 0 Å². The number of hydrogen-bond acceptors (Lipinski definition) is 6. The summed E-state index contributed by atoms with van der Waals surface area (Å²) in [6, 6.07) is -1.23. The highest BCUT2D eigenvalue weighted by Gasteiger charge is 2.32. The largest absolute Gasteiger partial charge is 0.394 e. The highest BCUT2D eigenvalue weighted by atomic mass is 16.3. The first kappa shape index (κ1) is 16.8. The molecular weight excluding hydrogens is 244 g/mol. The summed E-state index contributed by atoms with van der Waals surface area (Å²) >= 11 is 0. The number of aliphatic hydroxyl groups is 4. The molecule has 0 radical (unpaired) electrons. The molecule has 0 aliphatic carbocycles. The smallest absolute Gasteiger partial charge is 0.217 e. The van der Waals surface area contributed by atoms with Gasteiger partial charge in [0.2, 0.25) is 11.8 Å². The Labute approximate surface area is 105 Å². The molecule has 106 valence electrons. The summed E-state index contributed by atoms with van der Waals surface area (Å²) in [7, 11) is 0. The van der Waals surface area contributed by atoms with Crippen molar-refractivity contribution in [2.45, 2.75) is 38.2 Å². The number of carbonyl (C=O) groups excluding carboxylic acids is 2. The van der Waals surface area contributed by atoms with Crippen molar-refractivity contribution in [1.29, 1.82) is 0 Å². The SMILES string of the molecule is CC(=O)NC[C@H](O)[C@@H](O)[C@H](NC(C)=O)[C@H](O)CO. The topological polar surface area (TPSA) is 139 Å². The highest BCUT2D eigenvalue weighted by molar-refractivity contribution is 5.73. The molecule has 0 bridgehead atoms. The molecule has 18 heavy (non-hydrogen) atoms. The molecule has 0 saturated heterocycles. The molecule has 0 spiro atoms. The lowest BCUT2D eigenvalue weighted by atomic mass is 10.00. The minimum atomic E-state index is -1.53. The Bertz CT molecular complexity index is 286. The van der Waals surface area contributed by atoms with E-state index in [2.05, 4.69) is 10.6 Å². The second-order valence-corrected chi connectivity index (χ2v) is 3.97. The molecule has 0 aromatic heterocycles. The third-order valence-corrected chi connectivity index (χ3v) is 2.29. The van der Waals surface area contributed by atoms with Crippen molar-refractivity contribution >= 4 is 11.8 Å². The van der Waals surface area contributed by atoms with Crippen molar-refractivity contribution in [3.8, 4) is 0 Å². The molecule has 0 saturated carbocycles. The molecule has 2 amide bonds. The van der Waals surface area contributed by atoms with Gasteiger partial charge in [-0.15, -0.1) is 0 Å². The van der Waals surface area contributed by atoms with Crippen LogP contribution in [0.3, 0.4) is 0 Å². The van der Waals surface area contributed by atoms with Crippen LogP contribution in [0.25, 0.3) is 0 Å². The second kappa shape index (κ2) is 7.98. The Hall–Kier alpha value is -1.22. The van der Waals surface area contributed by atoms with E-state index in [9.17, 15) is 24.9 Å². The fraction of sp³-hybridized carbons (Fsp3) is 0.800. The van der Waals surface area contributed by atoms with Gasteiger partial charge in [-0.05, 0) is 0 Å². The summed E-state index contributed by atoms with van der Waals surface area (Å²) in [4.78, 5) is 21.5. The molecular formula is C10H20N2O6. The van der Waals surface area contributed by atoms with Crippen LogP contribution in [-0.4, -0.2) is 69.7 Å². The van der Waals surface area contributed by atoms with E-state index >= 15 is 0 Å². The molecule has 0 heterocycles. The molecule has 4 atom stereocenters. The van der Waals surface area contributed by atoms with Gasteiger partial charge in [0, 0.05) is 20.4 Å². The van der Waals surface area contributed by atoms with Crippen molar-refractivity contribution in [1.82, 2.24) is 10.6 Å². The Morgan fingerprint density at radius 2 is 1.61 bits per heavy atom. The van der Waals surface area contributed by atoms with E-state index in [0.717, 1.165) is 0 Å². The first-order valence-corrected chi connectivity index (χ1v) is 5.46. The van der Waals surface area contributed by atoms with Crippen LogP contribution >= 0.6 is 0 Å². The van der Waals surface area contributed by atoms with Gasteiger partial charge in [0.1, 0.15) is 6.10 Å². The average Bonchev–Trinajstić information content (AvgIpc) is 2.30. The maximum atomic E-state index is 10.9. The molecule has 0 aliphatic heterocycles. The Morgan fingerprint density at radius 3 is 2.00 bits per heavy atom. The van der Waals surface area contributed by atoms with Crippen molar-refractivity contribution in [3.05, 3.63) is 0 Å². The average molecular weight is 264 g/mol. The molecule has 0 aromatic rings. The van der Waals surface area contributed by atoms with Crippen LogP contribution in [0.4, 0.5) is 0 Å². The fourth-order valence-corrected chi connectivity index (χ4v) is 1.37. The Balaban J connectivity index is 4.56. The van der Waals surface area contributed by atoms with Gasteiger partial charge in [0.25, 0.3) is 0 Å². The molecule has 0 unspecified atom stereocenters. The van der Waals surface area contributed by atoms with Crippen LogP contribution in [-0.2, 0) is 9.59 Å². The normalized spacial score (nSPS) is 17.4. The summed E-state index contributed by atoms with van der Waals surface area (Å²) in [6.45, 7) is 1.50. The predicted molar refractivity (Wildman–Crippen MR) is 61.4 cm³/mol. The fourth-order valence-electron chi connectivity index (χ4n) is 1.37. The van der Waals surface area contributed by atoms with Crippen molar-refractivity contribution in [2.24, 2.45) is 0 Å². The van der Waals surface area contributed by atoms with E-state index in [1.807, 2.05) is 0 Å². The zero-order valence-electron chi connectivity index (χ0n) is 10.3. The number of aliphatic hydroxyl groups excluding tert-OH is 4. The van der Waals surface area contributed by atoms with Crippen LogP contribution in [0.5, 0.6) is 0 Å². The van der Waals surface area contributed by atoms with Crippen LogP contribution < -0.4 is 10.6 Å². The number of nitrogens with one attached hydrogen (secondary N) is 2. The van der Waals surface area contributed by atoms with Gasteiger partial charge in [0.05, 0.1) is 24.9 Å². The molecule has 0 rings (SSSR count). The lowest BCUT2D eigenvalue weighted by Crippen LogP contribution is -2.57. The zero-order chi connectivity index (χ0) is 14.3. The summed E-state index contributed by atoms with van der Waals surface area (Å²) in [5, 5.41) is 42.1. The van der Waals surface area contributed by atoms with Crippen LogP contribution in [0.15, 0.2) is 0 Å². The minimum absolute atomic E-state index is 0.231. The van der Waals surface area contributed by atoms with Crippen molar-refractivity contribution in [2.75, 3.05) is 13.2 Å². The molecule has 8 heteroatoms. The van der Waals surface area contributed by atoms with Gasteiger partial charge in [0.15, 0.2) is 0 Å². The highest BCUT2D eigenvalue weighted by Crippen LogP contribution is 2.05. The van der Waals surface area contributed by atoms with E-state index in [4.69, 9.17) is 5.11 Å². The van der Waals surface area contributed by atoms with Gasteiger partial charge in [-0.3, -0.25) is 9.59 Å². The second-order valence-electron chi connectivity index (χ2n) is 3.97. The predicted octanol–water partition coefficient (Wildman–Crippen LogP) is -3.30. The Morgan fingerprint density at radius 1 is 1.06 bits per heavy atom. The lowest BCUT2D eigenvalue weighted by molar-refractivity contribution is -0.125. The summed E-state index contributed by atoms with van der Waals surface area (Å²) in [5.74, 6) is -0.918. The molecule has 0 aliphatic rings. The van der Waals surface area contributed by atoms with Crippen LogP contribution in [0.1, 0.15) is 13.8 Å². The number of rotatable bonds is 7. The van der Waals surface area contributed by atoms with Gasteiger partial charge >= 0.3 is 0 Å². The van der Waals surface area contributed by atoms with E-state index in [0.29, 0.717) is 0 Å². The maximum absolute atomic E-state index is 10.9. The quantitative estimate of drug-likeness (QED) is 0.285.